The molecule has 0 aliphatic heterocycles. The molecule has 0 atom stereocenters. The monoisotopic (exact) mass is 602 g/mol. The number of benzene rings is 5. The average molecular weight is 603 g/mol. The molecule has 0 aromatic heterocycles. The number of carbonyl (C=O) groups excluding carboxylic acids is 2. The van der Waals surface area contributed by atoms with Gasteiger partial charge < -0.3 is 15.7 Å². The van der Waals surface area contributed by atoms with Crippen LogP contribution in [0.25, 0.3) is 10.8 Å². The summed E-state index contributed by atoms with van der Waals surface area (Å²) in [4.78, 5) is 26.0. The van der Waals surface area contributed by atoms with E-state index < -0.39 is 23.4 Å². The first-order valence-electron chi connectivity index (χ1n) is 12.8. The van der Waals surface area contributed by atoms with E-state index in [1.165, 1.54) is 6.07 Å². The van der Waals surface area contributed by atoms with Gasteiger partial charge in [0.2, 0.25) is 0 Å². The molecule has 0 heterocycles. The highest BCUT2D eigenvalue weighted by atomic mass is 35.5. The number of aromatic hydroxyl groups is 1. The minimum absolute atomic E-state index is 0.0445. The molecule has 0 unspecified atom stereocenters. The third kappa shape index (κ3) is 6.49. The number of azo groups is 1. The maximum Gasteiger partial charge on any atom is 0.416 e. The van der Waals surface area contributed by atoms with E-state index >= 15 is 0 Å². The van der Waals surface area contributed by atoms with E-state index in [-0.39, 0.29) is 27.9 Å². The van der Waals surface area contributed by atoms with Gasteiger partial charge >= 0.3 is 6.18 Å². The standard InChI is InChI=1S/C32H22ClF3N4O3/c1-18-11-12-20(30(42)37-22-8-3-2-4-9-22)16-26(18)39-40-28-23-10-6-5-7-19(23)15-24(29(28)41)31(43)38-27-17-21(32(34,35)36)13-14-25(27)33/h2-17,41H,1H3,(H,37,42)(H,38,43). The van der Waals surface area contributed by atoms with Gasteiger partial charge in [-0.05, 0) is 66.4 Å². The maximum atomic E-state index is 13.2. The molecular formula is C32H22ClF3N4O3. The number of rotatable bonds is 6. The molecular weight excluding hydrogens is 581 g/mol. The number of fused-ring (bicyclic) bond motifs is 1. The van der Waals surface area contributed by atoms with Crippen molar-refractivity contribution < 1.29 is 27.9 Å². The van der Waals surface area contributed by atoms with Gasteiger partial charge in [-0.1, -0.05) is 60.1 Å². The van der Waals surface area contributed by atoms with Crippen LogP contribution in [0.5, 0.6) is 5.75 Å². The maximum absolute atomic E-state index is 13.2. The van der Waals surface area contributed by atoms with Gasteiger partial charge in [-0.15, -0.1) is 5.11 Å². The van der Waals surface area contributed by atoms with Gasteiger partial charge in [0.1, 0.15) is 5.69 Å². The lowest BCUT2D eigenvalue weighted by Crippen LogP contribution is -2.14. The Morgan fingerprint density at radius 1 is 0.814 bits per heavy atom. The molecule has 0 saturated carbocycles. The van der Waals surface area contributed by atoms with Gasteiger partial charge in [-0.25, -0.2) is 0 Å². The quantitative estimate of drug-likeness (QED) is 0.169. The van der Waals surface area contributed by atoms with E-state index in [9.17, 15) is 27.9 Å². The van der Waals surface area contributed by atoms with Crippen LogP contribution < -0.4 is 10.6 Å². The third-order valence-electron chi connectivity index (χ3n) is 6.54. The Hall–Kier alpha value is -5.22. The van der Waals surface area contributed by atoms with Crippen LogP contribution in [0.4, 0.5) is 35.9 Å². The summed E-state index contributed by atoms with van der Waals surface area (Å²) >= 11 is 6.05. The first kappa shape index (κ1) is 29.3. The summed E-state index contributed by atoms with van der Waals surface area (Å²) in [5.74, 6) is -1.81. The number of alkyl halides is 3. The zero-order chi connectivity index (χ0) is 30.7. The minimum Gasteiger partial charge on any atom is -0.505 e. The molecule has 0 fully saturated rings. The number of amides is 2. The predicted molar refractivity (Wildman–Crippen MR) is 160 cm³/mol. The molecule has 5 aromatic rings. The van der Waals surface area contributed by atoms with Crippen LogP contribution >= 0.6 is 11.6 Å². The van der Waals surface area contributed by atoms with Gasteiger partial charge in [0, 0.05) is 16.6 Å². The van der Waals surface area contributed by atoms with E-state index in [4.69, 9.17) is 11.6 Å². The zero-order valence-electron chi connectivity index (χ0n) is 22.4. The molecule has 3 N–H and O–H groups in total. The lowest BCUT2D eigenvalue weighted by molar-refractivity contribution is -0.137. The number of hydrogen-bond donors (Lipinski definition) is 3. The van der Waals surface area contributed by atoms with Crippen LogP contribution in [0.15, 0.2) is 107 Å². The number of phenols is 1. The molecule has 0 aliphatic rings. The number of nitrogens with one attached hydrogen (secondary N) is 2. The molecule has 7 nitrogen and oxygen atoms in total. The number of para-hydroxylation sites is 1. The lowest BCUT2D eigenvalue weighted by atomic mass is 10.0. The average Bonchev–Trinajstić information content (AvgIpc) is 2.98. The van der Waals surface area contributed by atoms with Crippen molar-refractivity contribution in [1.82, 2.24) is 0 Å². The minimum atomic E-state index is -4.65. The Kier molecular flexibility index (Phi) is 8.13. The van der Waals surface area contributed by atoms with Gasteiger partial charge in [0.05, 0.1) is 27.5 Å². The van der Waals surface area contributed by atoms with E-state index in [2.05, 4.69) is 20.9 Å². The summed E-state index contributed by atoms with van der Waals surface area (Å²) < 4.78 is 39.7. The van der Waals surface area contributed by atoms with Crippen LogP contribution in [0, 0.1) is 6.92 Å². The fourth-order valence-electron chi connectivity index (χ4n) is 4.27. The van der Waals surface area contributed by atoms with Crippen LogP contribution in [-0.2, 0) is 6.18 Å². The Labute approximate surface area is 248 Å². The summed E-state index contributed by atoms with van der Waals surface area (Å²) in [6, 6.07) is 24.5. The van der Waals surface area contributed by atoms with Crippen molar-refractivity contribution in [1.29, 1.82) is 0 Å². The second kappa shape index (κ2) is 11.9. The van der Waals surface area contributed by atoms with Crippen molar-refractivity contribution in [2.24, 2.45) is 10.2 Å². The summed E-state index contributed by atoms with van der Waals surface area (Å²) in [6.45, 7) is 1.77. The molecule has 11 heteroatoms. The van der Waals surface area contributed by atoms with Gasteiger partial charge in [0.25, 0.3) is 11.8 Å². The SMILES string of the molecule is Cc1ccc(C(=O)Nc2ccccc2)cc1N=Nc1c(O)c(C(=O)Nc2cc(C(F)(F)F)ccc2Cl)cc2ccccc12. The molecule has 5 rings (SSSR count). The highest BCUT2D eigenvalue weighted by Crippen LogP contribution is 2.40. The second-order valence-corrected chi connectivity index (χ2v) is 9.92. The normalized spacial score (nSPS) is 11.6. The lowest BCUT2D eigenvalue weighted by Gasteiger charge is -2.14. The highest BCUT2D eigenvalue weighted by molar-refractivity contribution is 6.34. The Balaban J connectivity index is 1.50. The number of anilines is 2. The van der Waals surface area contributed by atoms with Gasteiger partial charge in [-0.2, -0.15) is 18.3 Å². The van der Waals surface area contributed by atoms with E-state index in [0.717, 1.165) is 12.1 Å². The van der Waals surface area contributed by atoms with Crippen molar-refractivity contribution in [3.05, 3.63) is 124 Å². The topological polar surface area (TPSA) is 103 Å². The van der Waals surface area contributed by atoms with Crippen molar-refractivity contribution in [3.8, 4) is 5.75 Å². The third-order valence-corrected chi connectivity index (χ3v) is 6.87. The first-order valence-corrected chi connectivity index (χ1v) is 13.2. The van der Waals surface area contributed by atoms with Crippen molar-refractivity contribution in [2.45, 2.75) is 13.1 Å². The van der Waals surface area contributed by atoms with Crippen LogP contribution in [-0.4, -0.2) is 16.9 Å². The second-order valence-electron chi connectivity index (χ2n) is 9.51. The molecule has 0 bridgehead atoms. The fraction of sp³-hybridized carbons (Fsp3) is 0.0625. The molecule has 5 aromatic carbocycles. The highest BCUT2D eigenvalue weighted by Gasteiger charge is 2.31. The van der Waals surface area contributed by atoms with E-state index in [1.807, 2.05) is 6.07 Å². The summed E-state index contributed by atoms with van der Waals surface area (Å²) in [5.41, 5.74) is 0.396. The van der Waals surface area contributed by atoms with Crippen molar-refractivity contribution in [2.75, 3.05) is 10.6 Å². The Morgan fingerprint density at radius 3 is 2.28 bits per heavy atom. The van der Waals surface area contributed by atoms with Crippen LogP contribution in [0.1, 0.15) is 31.8 Å². The summed E-state index contributed by atoms with van der Waals surface area (Å²) in [6.07, 6.45) is -4.65. The van der Waals surface area contributed by atoms with Crippen molar-refractivity contribution >= 4 is 56.9 Å². The fourth-order valence-corrected chi connectivity index (χ4v) is 4.43. The van der Waals surface area contributed by atoms with Gasteiger partial charge in [0.15, 0.2) is 5.75 Å². The molecule has 2 amide bonds. The Morgan fingerprint density at radius 2 is 1.53 bits per heavy atom. The Bertz CT molecular complexity index is 1890. The molecule has 43 heavy (non-hydrogen) atoms. The number of phenolic OH excluding ortho intramolecular Hbond substituents is 1. The molecule has 0 radical (unpaired) electrons. The van der Waals surface area contributed by atoms with Gasteiger partial charge in [-0.3, -0.25) is 9.59 Å². The largest absolute Gasteiger partial charge is 0.505 e. The number of aryl methyl sites for hydroxylation is 1. The summed E-state index contributed by atoms with van der Waals surface area (Å²) in [5, 5.41) is 25.7. The zero-order valence-corrected chi connectivity index (χ0v) is 23.2. The van der Waals surface area contributed by atoms with Crippen LogP contribution in [0.3, 0.4) is 0 Å². The number of halogens is 4. The van der Waals surface area contributed by atoms with E-state index in [1.54, 1.807) is 73.7 Å². The number of nitrogens with zero attached hydrogens (tertiary/aromatic N) is 2. The van der Waals surface area contributed by atoms with E-state index in [0.29, 0.717) is 39.3 Å². The molecule has 216 valence electrons. The molecule has 0 saturated heterocycles. The number of hydrogen-bond acceptors (Lipinski definition) is 5. The smallest absolute Gasteiger partial charge is 0.416 e. The molecule has 0 spiro atoms. The van der Waals surface area contributed by atoms with Crippen molar-refractivity contribution in [3.63, 3.8) is 0 Å². The summed E-state index contributed by atoms with van der Waals surface area (Å²) in [7, 11) is 0. The first-order chi connectivity index (χ1) is 20.5. The van der Waals surface area contributed by atoms with Crippen LogP contribution in [0.2, 0.25) is 5.02 Å². The number of carbonyl (C=O) groups is 2. The molecule has 0 aliphatic carbocycles. The predicted octanol–water partition coefficient (Wildman–Crippen LogP) is 9.45.